The second-order valence-corrected chi connectivity index (χ2v) is 11.4. The first kappa shape index (κ1) is 27.5. The van der Waals surface area contributed by atoms with Crippen molar-refractivity contribution in [3.05, 3.63) is 91.6 Å². The quantitative estimate of drug-likeness (QED) is 0.173. The van der Waals surface area contributed by atoms with Crippen molar-refractivity contribution in [3.8, 4) is 0 Å². The number of ketones is 1. The van der Waals surface area contributed by atoms with E-state index in [0.717, 1.165) is 22.9 Å². The standard InChI is InChI=1S/C25H18BrCl2F2N3O3S/c1-3-12(2)37(36)32-19-8-7-18(29)21(22(19)30)23(34)15-11-33(24-14(15)9-13(26)10-31-24)25(35)20-16(27)5-4-6-17(20)28/h4-12,32H,3H2,1-2H3. The highest BCUT2D eigenvalue weighted by Gasteiger charge is 2.29. The number of nitrogens with zero attached hydrogens (tertiary/aromatic N) is 2. The van der Waals surface area contributed by atoms with Crippen LogP contribution < -0.4 is 4.72 Å². The Labute approximate surface area is 232 Å². The van der Waals surface area contributed by atoms with Gasteiger partial charge in [0.05, 0.1) is 38.1 Å². The summed E-state index contributed by atoms with van der Waals surface area (Å²) in [6.07, 6.45) is 3.11. The summed E-state index contributed by atoms with van der Waals surface area (Å²) in [5.41, 5.74) is -1.31. The average Bonchev–Trinajstić information content (AvgIpc) is 3.23. The molecule has 2 heterocycles. The zero-order valence-electron chi connectivity index (χ0n) is 19.3. The van der Waals surface area contributed by atoms with E-state index in [1.165, 1.54) is 24.4 Å². The Bertz CT molecular complexity index is 1530. The maximum atomic E-state index is 15.4. The van der Waals surface area contributed by atoms with Gasteiger partial charge in [0, 0.05) is 22.3 Å². The van der Waals surface area contributed by atoms with E-state index in [2.05, 4.69) is 25.6 Å². The van der Waals surface area contributed by atoms with E-state index in [4.69, 9.17) is 23.2 Å². The van der Waals surface area contributed by atoms with E-state index in [9.17, 15) is 18.5 Å². The molecule has 0 aliphatic carbocycles. The van der Waals surface area contributed by atoms with Crippen molar-refractivity contribution in [2.45, 2.75) is 25.5 Å². The fourth-order valence-electron chi connectivity index (χ4n) is 3.57. The predicted molar refractivity (Wildman–Crippen MR) is 145 cm³/mol. The molecule has 0 spiro atoms. The lowest BCUT2D eigenvalue weighted by atomic mass is 10.0. The van der Waals surface area contributed by atoms with Crippen LogP contribution in [0.15, 0.2) is 53.3 Å². The monoisotopic (exact) mass is 627 g/mol. The molecule has 0 bridgehead atoms. The Hall–Kier alpha value is -2.50. The highest BCUT2D eigenvalue weighted by molar-refractivity contribution is 9.10. The van der Waals surface area contributed by atoms with Crippen LogP contribution in [0.3, 0.4) is 0 Å². The van der Waals surface area contributed by atoms with E-state index in [0.29, 0.717) is 10.9 Å². The van der Waals surface area contributed by atoms with E-state index in [-0.39, 0.29) is 43.1 Å². The van der Waals surface area contributed by atoms with Crippen LogP contribution in [0.25, 0.3) is 11.0 Å². The van der Waals surface area contributed by atoms with Crippen LogP contribution in [-0.4, -0.2) is 31.0 Å². The summed E-state index contributed by atoms with van der Waals surface area (Å²) in [6, 6.07) is 8.02. The molecule has 2 aromatic carbocycles. The van der Waals surface area contributed by atoms with Crippen molar-refractivity contribution in [3.63, 3.8) is 0 Å². The van der Waals surface area contributed by atoms with Gasteiger partial charge in [-0.3, -0.25) is 14.2 Å². The van der Waals surface area contributed by atoms with Crippen LogP contribution in [-0.2, 0) is 11.4 Å². The van der Waals surface area contributed by atoms with Crippen LogP contribution >= 0.6 is 39.1 Å². The Kier molecular flexibility index (Phi) is 8.25. The smallest absolute Gasteiger partial charge is 0.266 e. The first-order valence-corrected chi connectivity index (χ1v) is 13.7. The number of carbonyl (C=O) groups is 2. The molecule has 12 heteroatoms. The number of aromatic nitrogens is 2. The number of benzene rings is 2. The first-order chi connectivity index (χ1) is 17.5. The highest BCUT2D eigenvalue weighted by atomic mass is 79.9. The van der Waals surface area contributed by atoms with Gasteiger partial charge >= 0.3 is 0 Å². The molecule has 0 saturated heterocycles. The minimum Gasteiger partial charge on any atom is -0.593 e. The van der Waals surface area contributed by atoms with Gasteiger partial charge in [0.2, 0.25) is 5.78 Å². The predicted octanol–water partition coefficient (Wildman–Crippen LogP) is 7.18. The molecule has 0 fully saturated rings. The van der Waals surface area contributed by atoms with E-state index < -0.39 is 40.3 Å². The maximum absolute atomic E-state index is 15.4. The molecule has 0 saturated carbocycles. The van der Waals surface area contributed by atoms with Crippen molar-refractivity contribution >= 4 is 78.9 Å². The van der Waals surface area contributed by atoms with Crippen molar-refractivity contribution in [2.24, 2.45) is 0 Å². The summed E-state index contributed by atoms with van der Waals surface area (Å²) in [5, 5.41) is 0.00733. The normalized spacial score (nSPS) is 13.0. The molecule has 0 aliphatic heterocycles. The highest BCUT2D eigenvalue weighted by Crippen LogP contribution is 2.32. The summed E-state index contributed by atoms with van der Waals surface area (Å²) in [5.74, 6) is -4.04. The molecule has 4 aromatic rings. The van der Waals surface area contributed by atoms with Crippen LogP contribution in [0.4, 0.5) is 14.5 Å². The fraction of sp³-hybridized carbons (Fsp3) is 0.160. The molecule has 4 rings (SSSR count). The van der Waals surface area contributed by atoms with Crippen molar-refractivity contribution in [1.82, 2.24) is 9.55 Å². The van der Waals surface area contributed by atoms with E-state index in [1.54, 1.807) is 13.0 Å². The van der Waals surface area contributed by atoms with Gasteiger partial charge < -0.3 is 4.55 Å². The van der Waals surface area contributed by atoms with Gasteiger partial charge in [-0.25, -0.2) is 18.5 Å². The van der Waals surface area contributed by atoms with Gasteiger partial charge in [-0.15, -0.1) is 0 Å². The molecule has 2 aromatic heterocycles. The fourth-order valence-corrected chi connectivity index (χ4v) is 5.34. The third-order valence-corrected chi connectivity index (χ3v) is 8.27. The molecule has 0 amide bonds. The largest absolute Gasteiger partial charge is 0.593 e. The number of halogens is 5. The second-order valence-electron chi connectivity index (χ2n) is 8.07. The Balaban J connectivity index is 1.86. The molecule has 6 nitrogen and oxygen atoms in total. The summed E-state index contributed by atoms with van der Waals surface area (Å²) in [4.78, 5) is 31.2. The first-order valence-electron chi connectivity index (χ1n) is 10.9. The summed E-state index contributed by atoms with van der Waals surface area (Å²) in [7, 11) is 0. The van der Waals surface area contributed by atoms with Gasteiger partial charge in [-0.1, -0.05) is 36.2 Å². The van der Waals surface area contributed by atoms with Gasteiger partial charge in [0.25, 0.3) is 5.91 Å². The molecule has 2 unspecified atom stereocenters. The van der Waals surface area contributed by atoms with Gasteiger partial charge in [0.1, 0.15) is 22.4 Å². The number of nitrogens with one attached hydrogen (secondary N) is 1. The molecule has 192 valence electrons. The lowest BCUT2D eigenvalue weighted by molar-refractivity contribution is 0.0964. The zero-order chi connectivity index (χ0) is 27.0. The lowest BCUT2D eigenvalue weighted by Gasteiger charge is -2.18. The van der Waals surface area contributed by atoms with Gasteiger partial charge in [-0.2, -0.15) is 0 Å². The van der Waals surface area contributed by atoms with E-state index >= 15 is 4.39 Å². The van der Waals surface area contributed by atoms with Crippen LogP contribution in [0.5, 0.6) is 0 Å². The third kappa shape index (κ3) is 5.26. The number of fused-ring (bicyclic) bond motifs is 1. The van der Waals surface area contributed by atoms with Crippen LogP contribution in [0, 0.1) is 11.6 Å². The van der Waals surface area contributed by atoms with Crippen molar-refractivity contribution in [2.75, 3.05) is 4.72 Å². The molecule has 0 aliphatic rings. The summed E-state index contributed by atoms with van der Waals surface area (Å²) < 4.78 is 46.7. The number of anilines is 1. The minimum atomic E-state index is -1.67. The lowest BCUT2D eigenvalue weighted by Crippen LogP contribution is -2.25. The molecule has 1 N–H and O–H groups in total. The second kappa shape index (κ2) is 11.1. The summed E-state index contributed by atoms with van der Waals surface area (Å²) in [6.45, 7) is 3.53. The number of pyridine rings is 1. The summed E-state index contributed by atoms with van der Waals surface area (Å²) >= 11 is 14.0. The maximum Gasteiger partial charge on any atom is 0.266 e. The number of rotatable bonds is 7. The number of carbonyl (C=O) groups excluding carboxylic acids is 2. The average molecular weight is 629 g/mol. The minimum absolute atomic E-state index is 0.0254. The Morgan fingerprint density at radius 2 is 1.86 bits per heavy atom. The zero-order valence-corrected chi connectivity index (χ0v) is 23.2. The SMILES string of the molecule is CCC(C)[S+]([O-])Nc1ccc(F)c(C(=O)c2cn(C(=O)c3c(Cl)cccc3Cl)c3ncc(Br)cc23)c1F. The topological polar surface area (TPSA) is 87.0 Å². The van der Waals surface area contributed by atoms with Crippen molar-refractivity contribution in [1.29, 1.82) is 0 Å². The van der Waals surface area contributed by atoms with Crippen molar-refractivity contribution < 1.29 is 22.9 Å². The molecule has 37 heavy (non-hydrogen) atoms. The third-order valence-electron chi connectivity index (χ3n) is 5.72. The Morgan fingerprint density at radius 1 is 1.19 bits per heavy atom. The number of hydrogen-bond donors (Lipinski definition) is 1. The number of hydrogen-bond acceptors (Lipinski definition) is 5. The Morgan fingerprint density at radius 3 is 2.51 bits per heavy atom. The van der Waals surface area contributed by atoms with Gasteiger partial charge in [0.15, 0.2) is 5.82 Å². The van der Waals surface area contributed by atoms with E-state index in [1.807, 2.05) is 6.92 Å². The molecule has 0 radical (unpaired) electrons. The van der Waals surface area contributed by atoms with Gasteiger partial charge in [-0.05, 0) is 59.6 Å². The molecular formula is C25H18BrCl2F2N3O3S. The van der Waals surface area contributed by atoms with Crippen LogP contribution in [0.2, 0.25) is 10.0 Å². The molecule has 2 atom stereocenters. The molecular weight excluding hydrogens is 611 g/mol. The van der Waals surface area contributed by atoms with Crippen LogP contribution in [0.1, 0.15) is 46.5 Å².